The topological polar surface area (TPSA) is 32.8 Å². The molecule has 2 heterocycles. The zero-order valence-electron chi connectivity index (χ0n) is 48.7. The summed E-state index contributed by atoms with van der Waals surface area (Å²) in [5, 5.41) is 11.5. The molecule has 4 heteroatoms. The van der Waals surface area contributed by atoms with E-state index in [0.29, 0.717) is 11.8 Å². The van der Waals surface area contributed by atoms with Gasteiger partial charge in [-0.15, -0.1) is 0 Å². The average molecular weight is 1070 g/mol. The molecule has 14 rings (SSSR count). The van der Waals surface area contributed by atoms with Crippen LogP contribution >= 0.6 is 0 Å². The van der Waals surface area contributed by atoms with E-state index in [1.807, 2.05) is 0 Å². The number of rotatable bonds is 10. The second-order valence-corrected chi connectivity index (χ2v) is 25.2. The van der Waals surface area contributed by atoms with Crippen LogP contribution in [0.4, 0.5) is 34.1 Å². The molecule has 0 atom stereocenters. The molecule has 0 unspecified atom stereocenters. The third-order valence-electron chi connectivity index (χ3n) is 17.3. The lowest BCUT2D eigenvalue weighted by atomic mass is 9.86. The standard InChI is InChI=1S/C78H68N2O2/c1-47(2)55-25-11-13-27-57(55)59-29-17-31-61-63-33-19-35-69(75(63)81-73(59)61)79(53-23-15-21-51(45-53)77(5,6)7)67-43-39-49-38-42-66-68(44-40-50-37-41-65(67)71(49)72(50)66)80(54-24-16-22-52(46-54)78(8,9)10)70-36-20-34-64-62-32-18-30-60(74(62)82-76(64)70)58-28-14-12-26-56(58)48(3)4/h11-48H,1-10H3. The lowest BCUT2D eigenvalue weighted by Crippen LogP contribution is -2.15. The van der Waals surface area contributed by atoms with Gasteiger partial charge in [0, 0.05) is 54.8 Å². The summed E-state index contributed by atoms with van der Waals surface area (Å²) in [6, 6.07) is 80.9. The first-order valence-corrected chi connectivity index (χ1v) is 29.2. The minimum atomic E-state index is -0.0860. The van der Waals surface area contributed by atoms with Gasteiger partial charge in [-0.2, -0.15) is 0 Å². The molecule has 402 valence electrons. The van der Waals surface area contributed by atoms with Gasteiger partial charge in [0.15, 0.2) is 11.2 Å². The normalized spacial score (nSPS) is 12.5. The molecule has 0 aliphatic carbocycles. The van der Waals surface area contributed by atoms with Crippen molar-refractivity contribution in [3.63, 3.8) is 0 Å². The van der Waals surface area contributed by atoms with E-state index in [1.165, 1.54) is 54.9 Å². The molecule has 0 bridgehead atoms. The number of hydrogen-bond donors (Lipinski definition) is 0. The van der Waals surface area contributed by atoms with Gasteiger partial charge in [-0.25, -0.2) is 0 Å². The average Bonchev–Trinajstić information content (AvgIpc) is 1.64. The summed E-state index contributed by atoms with van der Waals surface area (Å²) in [6.45, 7) is 22.8. The number of benzene rings is 12. The fraction of sp³-hybridized carbons (Fsp3) is 0.179. The van der Waals surface area contributed by atoms with Crippen LogP contribution in [0.1, 0.15) is 103 Å². The third-order valence-corrected chi connectivity index (χ3v) is 17.3. The van der Waals surface area contributed by atoms with E-state index in [0.717, 1.165) is 99.9 Å². The van der Waals surface area contributed by atoms with Gasteiger partial charge in [0.1, 0.15) is 11.2 Å². The lowest BCUT2D eigenvalue weighted by molar-refractivity contribution is 0.590. The van der Waals surface area contributed by atoms with Gasteiger partial charge in [0.05, 0.1) is 22.7 Å². The Hall–Kier alpha value is -9.12. The van der Waals surface area contributed by atoms with E-state index in [9.17, 15) is 0 Å². The molecule has 0 N–H and O–H groups in total. The van der Waals surface area contributed by atoms with Crippen LogP contribution in [-0.2, 0) is 10.8 Å². The van der Waals surface area contributed by atoms with Gasteiger partial charge in [0.2, 0.25) is 0 Å². The molecule has 4 nitrogen and oxygen atoms in total. The summed E-state index contributed by atoms with van der Waals surface area (Å²) < 4.78 is 14.7. The van der Waals surface area contributed by atoms with Gasteiger partial charge < -0.3 is 18.6 Å². The second-order valence-electron chi connectivity index (χ2n) is 25.2. The summed E-state index contributed by atoms with van der Waals surface area (Å²) in [5.41, 5.74) is 19.3. The molecule has 0 radical (unpaired) electrons. The van der Waals surface area contributed by atoms with Crippen LogP contribution in [0.3, 0.4) is 0 Å². The predicted octanol–water partition coefficient (Wildman–Crippen LogP) is 23.5. The third kappa shape index (κ3) is 8.25. The predicted molar refractivity (Wildman–Crippen MR) is 351 cm³/mol. The number of fused-ring (bicyclic) bond motifs is 6. The highest BCUT2D eigenvalue weighted by Crippen LogP contribution is 2.52. The minimum Gasteiger partial charge on any atom is -0.453 e. The maximum absolute atomic E-state index is 7.34. The lowest BCUT2D eigenvalue weighted by Gasteiger charge is -2.30. The Labute approximate surface area is 481 Å². The van der Waals surface area contributed by atoms with Crippen molar-refractivity contribution in [3.05, 3.63) is 241 Å². The van der Waals surface area contributed by atoms with Crippen molar-refractivity contribution in [3.8, 4) is 22.3 Å². The first kappa shape index (κ1) is 51.1. The molecule has 0 spiro atoms. The Kier molecular flexibility index (Phi) is 12.0. The number of anilines is 6. The van der Waals surface area contributed by atoms with Crippen LogP contribution in [0.25, 0.3) is 98.4 Å². The highest BCUT2D eigenvalue weighted by Gasteiger charge is 2.29. The van der Waals surface area contributed by atoms with Crippen molar-refractivity contribution in [1.82, 2.24) is 0 Å². The van der Waals surface area contributed by atoms with E-state index in [2.05, 4.69) is 297 Å². The summed E-state index contributed by atoms with van der Waals surface area (Å²) in [4.78, 5) is 4.91. The highest BCUT2D eigenvalue weighted by atomic mass is 16.3. The zero-order valence-corrected chi connectivity index (χ0v) is 48.7. The van der Waals surface area contributed by atoms with Crippen LogP contribution < -0.4 is 9.80 Å². The largest absolute Gasteiger partial charge is 0.453 e. The maximum atomic E-state index is 7.34. The first-order valence-electron chi connectivity index (χ1n) is 29.2. The minimum absolute atomic E-state index is 0.0860. The molecule has 12 aromatic carbocycles. The molecule has 0 amide bonds. The van der Waals surface area contributed by atoms with Gasteiger partial charge in [-0.3, -0.25) is 0 Å². The first-order chi connectivity index (χ1) is 39.6. The zero-order chi connectivity index (χ0) is 56.3. The Morgan fingerprint density at radius 3 is 1.06 bits per heavy atom. The smallest absolute Gasteiger partial charge is 0.159 e. The van der Waals surface area contributed by atoms with Crippen molar-refractivity contribution in [2.75, 3.05) is 9.80 Å². The summed E-state index contributed by atoms with van der Waals surface area (Å²) in [7, 11) is 0. The van der Waals surface area contributed by atoms with E-state index in [4.69, 9.17) is 8.83 Å². The second kappa shape index (κ2) is 19.3. The van der Waals surface area contributed by atoms with Crippen molar-refractivity contribution in [2.24, 2.45) is 0 Å². The molecule has 14 aromatic rings. The van der Waals surface area contributed by atoms with Gasteiger partial charge in [-0.05, 0) is 126 Å². The molecule has 0 fully saturated rings. The Morgan fingerprint density at radius 1 is 0.305 bits per heavy atom. The fourth-order valence-electron chi connectivity index (χ4n) is 13.1. The number of hydrogen-bond acceptors (Lipinski definition) is 4. The highest BCUT2D eigenvalue weighted by molar-refractivity contribution is 6.29. The van der Waals surface area contributed by atoms with Gasteiger partial charge in [0.25, 0.3) is 0 Å². The molecule has 0 aliphatic heterocycles. The van der Waals surface area contributed by atoms with Crippen LogP contribution in [0.15, 0.2) is 227 Å². The quantitative estimate of drug-likeness (QED) is 0.128. The molecule has 0 saturated carbocycles. The van der Waals surface area contributed by atoms with Crippen molar-refractivity contribution < 1.29 is 8.83 Å². The molecular weight excluding hydrogens is 997 g/mol. The van der Waals surface area contributed by atoms with Crippen molar-refractivity contribution in [2.45, 2.75) is 91.9 Å². The Balaban J connectivity index is 1.02. The number of nitrogens with zero attached hydrogens (tertiary/aromatic N) is 2. The van der Waals surface area contributed by atoms with Gasteiger partial charge in [-0.1, -0.05) is 239 Å². The Bertz CT molecular complexity index is 4500. The number of furan rings is 2. The van der Waals surface area contributed by atoms with E-state index < -0.39 is 0 Å². The van der Waals surface area contributed by atoms with Crippen molar-refractivity contribution in [1.29, 1.82) is 0 Å². The van der Waals surface area contributed by atoms with Crippen LogP contribution in [0, 0.1) is 0 Å². The molecule has 0 aliphatic rings. The van der Waals surface area contributed by atoms with Crippen LogP contribution in [0.5, 0.6) is 0 Å². The summed E-state index contributed by atoms with van der Waals surface area (Å²) in [5.74, 6) is 0.701. The summed E-state index contributed by atoms with van der Waals surface area (Å²) in [6.07, 6.45) is 0. The molecular formula is C78H68N2O2. The monoisotopic (exact) mass is 1060 g/mol. The molecule has 2 aromatic heterocycles. The van der Waals surface area contributed by atoms with Crippen molar-refractivity contribution >= 4 is 110 Å². The van der Waals surface area contributed by atoms with Gasteiger partial charge >= 0.3 is 0 Å². The SMILES string of the molecule is CC(C)c1ccccc1-c1cccc2c1oc1c(N(c3cccc(C(C)(C)C)c3)c3ccc4ccc5c(N(c6cccc(C(C)(C)C)c6)c6cccc7c6oc6c(-c8ccccc8C(C)C)cccc67)ccc6ccc3c4c65)cccc12. The van der Waals surface area contributed by atoms with Crippen LogP contribution in [0.2, 0.25) is 0 Å². The van der Waals surface area contributed by atoms with Crippen LogP contribution in [-0.4, -0.2) is 0 Å². The number of para-hydroxylation sites is 4. The van der Waals surface area contributed by atoms with E-state index >= 15 is 0 Å². The van der Waals surface area contributed by atoms with E-state index in [1.54, 1.807) is 0 Å². The van der Waals surface area contributed by atoms with E-state index in [-0.39, 0.29) is 10.8 Å². The Morgan fingerprint density at radius 2 is 0.659 bits per heavy atom. The molecule has 82 heavy (non-hydrogen) atoms. The molecule has 0 saturated heterocycles. The summed E-state index contributed by atoms with van der Waals surface area (Å²) >= 11 is 0. The fourth-order valence-corrected chi connectivity index (χ4v) is 13.1. The maximum Gasteiger partial charge on any atom is 0.159 e.